The molecule has 0 aliphatic rings. The van der Waals surface area contributed by atoms with E-state index in [9.17, 15) is 19.1 Å². The van der Waals surface area contributed by atoms with E-state index in [2.05, 4.69) is 10.2 Å². The van der Waals surface area contributed by atoms with Gasteiger partial charge in [-0.15, -0.1) is 0 Å². The van der Waals surface area contributed by atoms with Crippen molar-refractivity contribution in [2.45, 2.75) is 0 Å². The molecule has 26 heavy (non-hydrogen) atoms. The number of carbonyl (C=O) groups is 1. The minimum atomic E-state index is -1.24. The molecule has 3 aromatic rings. The highest BCUT2D eigenvalue weighted by atomic mass is 19.1. The fourth-order valence-corrected chi connectivity index (χ4v) is 2.58. The normalized spacial score (nSPS) is 10.6. The minimum absolute atomic E-state index is 0.00195. The molecule has 3 rings (SSSR count). The highest BCUT2D eigenvalue weighted by Crippen LogP contribution is 2.35. The first-order valence-electron chi connectivity index (χ1n) is 7.40. The van der Waals surface area contributed by atoms with Gasteiger partial charge in [-0.3, -0.25) is 0 Å². The van der Waals surface area contributed by atoms with Crippen LogP contribution >= 0.6 is 0 Å². The summed E-state index contributed by atoms with van der Waals surface area (Å²) < 4.78 is 25.5. The Labute approximate surface area is 146 Å². The van der Waals surface area contributed by atoms with E-state index in [0.29, 0.717) is 0 Å². The zero-order valence-corrected chi connectivity index (χ0v) is 13.8. The maximum Gasteiger partial charge on any atom is 0.348 e. The molecule has 9 heteroatoms. The fourth-order valence-electron chi connectivity index (χ4n) is 2.58. The molecule has 0 atom stereocenters. The molecule has 1 aromatic heterocycles. The molecule has 0 aliphatic carbocycles. The number of carboxylic acids is 1. The third-order valence-electron chi connectivity index (χ3n) is 3.76. The SMILES string of the molecule is COc1cc(OC)c(-c2n[nH]c(=O)n2-c2ccccc2F)cc1C(=O)O. The quantitative estimate of drug-likeness (QED) is 0.722. The average molecular weight is 359 g/mol. The van der Waals surface area contributed by atoms with Gasteiger partial charge in [-0.1, -0.05) is 12.1 Å². The molecule has 0 radical (unpaired) electrons. The number of para-hydroxylation sites is 1. The third kappa shape index (κ3) is 2.79. The van der Waals surface area contributed by atoms with Crippen molar-refractivity contribution in [3.63, 3.8) is 0 Å². The Morgan fingerprint density at radius 2 is 1.88 bits per heavy atom. The molecule has 0 bridgehead atoms. The monoisotopic (exact) mass is 359 g/mol. The summed E-state index contributed by atoms with van der Waals surface area (Å²) >= 11 is 0. The van der Waals surface area contributed by atoms with Crippen molar-refractivity contribution < 1.29 is 23.8 Å². The van der Waals surface area contributed by atoms with Crippen molar-refractivity contribution >= 4 is 5.97 Å². The van der Waals surface area contributed by atoms with E-state index in [1.54, 1.807) is 6.07 Å². The van der Waals surface area contributed by atoms with Crippen LogP contribution in [0, 0.1) is 5.82 Å². The van der Waals surface area contributed by atoms with Gasteiger partial charge in [0.05, 0.1) is 25.5 Å². The number of aromatic nitrogens is 3. The van der Waals surface area contributed by atoms with Crippen LogP contribution in [0.3, 0.4) is 0 Å². The molecule has 0 aliphatic heterocycles. The summed E-state index contributed by atoms with van der Waals surface area (Å²) in [5.41, 5.74) is -0.679. The lowest BCUT2D eigenvalue weighted by molar-refractivity contribution is 0.0693. The third-order valence-corrected chi connectivity index (χ3v) is 3.76. The van der Waals surface area contributed by atoms with Gasteiger partial charge in [-0.05, 0) is 18.2 Å². The Morgan fingerprint density at radius 1 is 1.19 bits per heavy atom. The van der Waals surface area contributed by atoms with Crippen molar-refractivity contribution in [1.82, 2.24) is 14.8 Å². The van der Waals surface area contributed by atoms with Crippen LogP contribution in [0.2, 0.25) is 0 Å². The topological polar surface area (TPSA) is 106 Å². The van der Waals surface area contributed by atoms with Gasteiger partial charge in [0.2, 0.25) is 0 Å². The predicted molar refractivity (Wildman–Crippen MR) is 89.6 cm³/mol. The number of nitrogens with zero attached hydrogens (tertiary/aromatic N) is 2. The standard InChI is InChI=1S/C17H14FN3O5/c1-25-13-8-14(26-2)10(16(22)23)7-9(13)15-19-20-17(24)21(15)12-6-4-3-5-11(12)18/h3-8H,1-2H3,(H,20,24)(H,22,23). The summed E-state index contributed by atoms with van der Waals surface area (Å²) in [6.45, 7) is 0. The van der Waals surface area contributed by atoms with E-state index in [1.165, 1.54) is 44.6 Å². The number of aromatic carboxylic acids is 1. The molecule has 0 spiro atoms. The molecule has 0 fully saturated rings. The van der Waals surface area contributed by atoms with E-state index in [1.807, 2.05) is 0 Å². The van der Waals surface area contributed by atoms with Gasteiger partial charge in [-0.2, -0.15) is 5.10 Å². The second-order valence-electron chi connectivity index (χ2n) is 5.20. The summed E-state index contributed by atoms with van der Waals surface area (Å²) in [4.78, 5) is 23.7. The Kier molecular flexibility index (Phi) is 4.44. The Balaban J connectivity index is 2.32. The molecule has 2 aromatic carbocycles. The fraction of sp³-hybridized carbons (Fsp3) is 0.118. The zero-order valence-electron chi connectivity index (χ0n) is 13.8. The molecular weight excluding hydrogens is 345 g/mol. The van der Waals surface area contributed by atoms with Gasteiger partial charge < -0.3 is 14.6 Å². The molecule has 134 valence electrons. The number of methoxy groups -OCH3 is 2. The van der Waals surface area contributed by atoms with Gasteiger partial charge in [-0.25, -0.2) is 23.6 Å². The number of H-pyrrole nitrogens is 1. The largest absolute Gasteiger partial charge is 0.496 e. The van der Waals surface area contributed by atoms with E-state index < -0.39 is 17.5 Å². The molecule has 8 nitrogen and oxygen atoms in total. The highest BCUT2D eigenvalue weighted by Gasteiger charge is 2.23. The summed E-state index contributed by atoms with van der Waals surface area (Å²) in [6, 6.07) is 8.28. The number of hydrogen-bond acceptors (Lipinski definition) is 5. The molecule has 0 unspecified atom stereocenters. The van der Waals surface area contributed by atoms with Gasteiger partial charge in [0.1, 0.15) is 22.9 Å². The smallest absolute Gasteiger partial charge is 0.348 e. The van der Waals surface area contributed by atoms with Crippen LogP contribution in [-0.4, -0.2) is 40.1 Å². The highest BCUT2D eigenvalue weighted by molar-refractivity contribution is 5.93. The first-order valence-corrected chi connectivity index (χ1v) is 7.40. The molecule has 1 heterocycles. The predicted octanol–water partition coefficient (Wildman–Crippen LogP) is 2.08. The number of carboxylic acid groups (broad SMARTS) is 1. The van der Waals surface area contributed by atoms with E-state index >= 15 is 0 Å². The number of rotatable bonds is 5. The number of benzene rings is 2. The molecule has 0 saturated carbocycles. The van der Waals surface area contributed by atoms with Gasteiger partial charge in [0.25, 0.3) is 0 Å². The van der Waals surface area contributed by atoms with Crippen LogP contribution in [0.4, 0.5) is 4.39 Å². The lowest BCUT2D eigenvalue weighted by Crippen LogP contribution is -2.17. The number of aromatic amines is 1. The van der Waals surface area contributed by atoms with Gasteiger partial charge in [0.15, 0.2) is 5.82 Å². The Bertz CT molecular complexity index is 1040. The first kappa shape index (κ1) is 17.2. The Hall–Kier alpha value is -3.62. The zero-order chi connectivity index (χ0) is 18.8. The summed E-state index contributed by atoms with van der Waals surface area (Å²) in [6.07, 6.45) is 0. The average Bonchev–Trinajstić information content (AvgIpc) is 3.02. The number of halogens is 1. The maximum absolute atomic E-state index is 14.2. The lowest BCUT2D eigenvalue weighted by Gasteiger charge is -2.13. The van der Waals surface area contributed by atoms with E-state index in [4.69, 9.17) is 9.47 Å². The second-order valence-corrected chi connectivity index (χ2v) is 5.20. The second kappa shape index (κ2) is 6.71. The van der Waals surface area contributed by atoms with Gasteiger partial charge >= 0.3 is 11.7 Å². The lowest BCUT2D eigenvalue weighted by atomic mass is 10.1. The van der Waals surface area contributed by atoms with Crippen LogP contribution in [0.1, 0.15) is 10.4 Å². The van der Waals surface area contributed by atoms with Crippen molar-refractivity contribution in [2.24, 2.45) is 0 Å². The molecular formula is C17H14FN3O5. The molecule has 0 saturated heterocycles. The van der Waals surface area contributed by atoms with Crippen LogP contribution in [0.15, 0.2) is 41.2 Å². The van der Waals surface area contributed by atoms with Crippen LogP contribution in [-0.2, 0) is 0 Å². The summed E-state index contributed by atoms with van der Waals surface area (Å²) in [7, 11) is 2.70. The van der Waals surface area contributed by atoms with Crippen molar-refractivity contribution in [2.75, 3.05) is 14.2 Å². The van der Waals surface area contributed by atoms with E-state index in [0.717, 1.165) is 4.57 Å². The van der Waals surface area contributed by atoms with Crippen LogP contribution < -0.4 is 15.2 Å². The van der Waals surface area contributed by atoms with E-state index in [-0.39, 0.29) is 34.1 Å². The maximum atomic E-state index is 14.2. The summed E-state index contributed by atoms with van der Waals surface area (Å²) in [5.74, 6) is -1.58. The first-order chi connectivity index (χ1) is 12.5. The van der Waals surface area contributed by atoms with Crippen molar-refractivity contribution in [3.05, 3.63) is 58.3 Å². The molecule has 2 N–H and O–H groups in total. The summed E-state index contributed by atoms with van der Waals surface area (Å²) in [5, 5.41) is 15.5. The minimum Gasteiger partial charge on any atom is -0.496 e. The van der Waals surface area contributed by atoms with Crippen molar-refractivity contribution in [1.29, 1.82) is 0 Å². The Morgan fingerprint density at radius 3 is 2.50 bits per heavy atom. The number of hydrogen-bond donors (Lipinski definition) is 2. The van der Waals surface area contributed by atoms with Crippen molar-refractivity contribution in [3.8, 4) is 28.6 Å². The number of nitrogens with one attached hydrogen (secondary N) is 1. The number of ether oxygens (including phenoxy) is 2. The van der Waals surface area contributed by atoms with Crippen LogP contribution in [0.25, 0.3) is 17.1 Å². The van der Waals surface area contributed by atoms with Crippen LogP contribution in [0.5, 0.6) is 11.5 Å². The molecule has 0 amide bonds. The van der Waals surface area contributed by atoms with Gasteiger partial charge in [0, 0.05) is 6.07 Å².